The van der Waals surface area contributed by atoms with Gasteiger partial charge in [-0.05, 0) is 18.3 Å². The van der Waals surface area contributed by atoms with Crippen molar-refractivity contribution in [3.63, 3.8) is 0 Å². The van der Waals surface area contributed by atoms with E-state index in [4.69, 9.17) is 0 Å². The molecule has 1 aromatic rings. The minimum atomic E-state index is -0.603. The van der Waals surface area contributed by atoms with Gasteiger partial charge in [0.2, 0.25) is 0 Å². The second-order valence-electron chi connectivity index (χ2n) is 6.11. The molecule has 0 amide bonds. The maximum Gasteiger partial charge on any atom is 0.306 e. The van der Waals surface area contributed by atoms with Gasteiger partial charge < -0.3 is 10.4 Å². The second kappa shape index (κ2) is 7.00. The number of nitrogens with one attached hydrogen (secondary N) is 1. The predicted octanol–water partition coefficient (Wildman–Crippen LogP) is 1.57. The third kappa shape index (κ3) is 4.25. The summed E-state index contributed by atoms with van der Waals surface area (Å²) >= 11 is 0. The lowest BCUT2D eigenvalue weighted by Crippen LogP contribution is -2.44. The maximum absolute atomic E-state index is 10.6. The van der Waals surface area contributed by atoms with Gasteiger partial charge in [0.1, 0.15) is 12.4 Å². The molecular formula is C14H24N4O3. The van der Waals surface area contributed by atoms with Crippen molar-refractivity contribution < 1.29 is 10.0 Å². The molecular weight excluding hydrogens is 272 g/mol. The van der Waals surface area contributed by atoms with E-state index in [-0.39, 0.29) is 12.2 Å². The molecule has 2 rings (SSSR count). The first-order valence-corrected chi connectivity index (χ1v) is 7.55. The number of nitro groups is 1. The van der Waals surface area contributed by atoms with Crippen molar-refractivity contribution in [3.8, 4) is 0 Å². The summed E-state index contributed by atoms with van der Waals surface area (Å²) in [7, 11) is 0. The van der Waals surface area contributed by atoms with Crippen LogP contribution in [0.25, 0.3) is 0 Å². The van der Waals surface area contributed by atoms with Crippen LogP contribution in [0.2, 0.25) is 0 Å². The highest BCUT2D eigenvalue weighted by Gasteiger charge is 2.27. The molecule has 1 fully saturated rings. The summed E-state index contributed by atoms with van der Waals surface area (Å²) in [6.07, 6.45) is 5.59. The zero-order valence-corrected chi connectivity index (χ0v) is 12.6. The van der Waals surface area contributed by atoms with E-state index >= 15 is 0 Å². The molecule has 1 aliphatic rings. The Hall–Kier alpha value is -1.47. The molecule has 0 aromatic carbocycles. The first-order valence-electron chi connectivity index (χ1n) is 7.55. The van der Waals surface area contributed by atoms with Crippen molar-refractivity contribution in [2.75, 3.05) is 6.54 Å². The molecule has 7 heteroatoms. The second-order valence-corrected chi connectivity index (χ2v) is 6.11. The molecule has 0 spiro atoms. The molecule has 0 radical (unpaired) electrons. The van der Waals surface area contributed by atoms with E-state index in [0.717, 1.165) is 6.42 Å². The third-order valence-corrected chi connectivity index (χ3v) is 4.55. The SMILES string of the molecule is CC1CCCC(NCC(O)Cn2cc([N+](=O)[O-])cn2)C1C. The lowest BCUT2D eigenvalue weighted by molar-refractivity contribution is -0.385. The Labute approximate surface area is 124 Å². The van der Waals surface area contributed by atoms with Crippen LogP contribution in [-0.4, -0.2) is 38.5 Å². The van der Waals surface area contributed by atoms with Gasteiger partial charge in [-0.3, -0.25) is 14.8 Å². The number of hydrogen-bond acceptors (Lipinski definition) is 5. The quantitative estimate of drug-likeness (QED) is 0.614. The Kier molecular flexibility index (Phi) is 5.30. The Bertz CT molecular complexity index is 477. The van der Waals surface area contributed by atoms with E-state index in [1.807, 2.05) is 0 Å². The van der Waals surface area contributed by atoms with Gasteiger partial charge in [-0.15, -0.1) is 0 Å². The van der Waals surface area contributed by atoms with E-state index in [9.17, 15) is 15.2 Å². The largest absolute Gasteiger partial charge is 0.390 e. The fourth-order valence-electron chi connectivity index (χ4n) is 2.98. The fraction of sp³-hybridized carbons (Fsp3) is 0.786. The van der Waals surface area contributed by atoms with Crippen LogP contribution in [0, 0.1) is 22.0 Å². The lowest BCUT2D eigenvalue weighted by atomic mass is 9.78. The summed E-state index contributed by atoms with van der Waals surface area (Å²) in [6, 6.07) is 0.440. The summed E-state index contributed by atoms with van der Waals surface area (Å²) in [5, 5.41) is 27.9. The zero-order chi connectivity index (χ0) is 15.4. The highest BCUT2D eigenvalue weighted by molar-refractivity contribution is 5.20. The molecule has 0 aliphatic heterocycles. The molecule has 1 saturated carbocycles. The van der Waals surface area contributed by atoms with E-state index in [1.54, 1.807) is 0 Å². The number of nitrogens with zero attached hydrogens (tertiary/aromatic N) is 3. The van der Waals surface area contributed by atoms with Crippen LogP contribution in [0.4, 0.5) is 5.69 Å². The molecule has 4 atom stereocenters. The average molecular weight is 296 g/mol. The Morgan fingerprint density at radius 3 is 3.00 bits per heavy atom. The number of rotatable bonds is 6. The zero-order valence-electron chi connectivity index (χ0n) is 12.6. The summed E-state index contributed by atoms with van der Waals surface area (Å²) in [6.45, 7) is 5.27. The molecule has 0 bridgehead atoms. The van der Waals surface area contributed by atoms with Crippen molar-refractivity contribution >= 4 is 5.69 Å². The fourth-order valence-corrected chi connectivity index (χ4v) is 2.98. The smallest absolute Gasteiger partial charge is 0.306 e. The summed E-state index contributed by atoms with van der Waals surface area (Å²) in [5.41, 5.74) is -0.0510. The summed E-state index contributed by atoms with van der Waals surface area (Å²) in [4.78, 5) is 10.1. The average Bonchev–Trinajstić information content (AvgIpc) is 2.89. The molecule has 118 valence electrons. The molecule has 4 unspecified atom stereocenters. The molecule has 0 saturated heterocycles. The predicted molar refractivity (Wildman–Crippen MR) is 78.9 cm³/mol. The van der Waals surface area contributed by atoms with Crippen LogP contribution in [0.15, 0.2) is 12.4 Å². The van der Waals surface area contributed by atoms with Gasteiger partial charge in [0, 0.05) is 12.6 Å². The highest BCUT2D eigenvalue weighted by atomic mass is 16.6. The first-order chi connectivity index (χ1) is 9.97. The van der Waals surface area contributed by atoms with Crippen molar-refractivity contribution in [3.05, 3.63) is 22.5 Å². The van der Waals surface area contributed by atoms with E-state index in [0.29, 0.717) is 24.4 Å². The number of hydrogen-bond donors (Lipinski definition) is 2. The normalized spacial score (nSPS) is 27.5. The molecule has 1 heterocycles. The Balaban J connectivity index is 1.78. The minimum Gasteiger partial charge on any atom is -0.390 e. The molecule has 1 aliphatic carbocycles. The molecule has 1 aromatic heterocycles. The van der Waals surface area contributed by atoms with Crippen molar-refractivity contribution in [2.24, 2.45) is 11.8 Å². The van der Waals surface area contributed by atoms with Gasteiger partial charge in [-0.2, -0.15) is 5.10 Å². The summed E-state index contributed by atoms with van der Waals surface area (Å²) < 4.78 is 1.41. The first kappa shape index (κ1) is 15.9. The molecule has 2 N–H and O–H groups in total. The van der Waals surface area contributed by atoms with Gasteiger partial charge in [-0.25, -0.2) is 0 Å². The van der Waals surface area contributed by atoms with Gasteiger partial charge in [-0.1, -0.05) is 26.7 Å². The van der Waals surface area contributed by atoms with E-state index in [2.05, 4.69) is 24.3 Å². The topological polar surface area (TPSA) is 93.2 Å². The van der Waals surface area contributed by atoms with E-state index in [1.165, 1.54) is 29.9 Å². The van der Waals surface area contributed by atoms with Crippen LogP contribution in [0.1, 0.15) is 33.1 Å². The van der Waals surface area contributed by atoms with Gasteiger partial charge in [0.05, 0.1) is 17.6 Å². The Morgan fingerprint density at radius 1 is 1.57 bits per heavy atom. The number of aromatic nitrogens is 2. The van der Waals surface area contributed by atoms with Crippen molar-refractivity contribution in [1.29, 1.82) is 0 Å². The van der Waals surface area contributed by atoms with E-state index < -0.39 is 11.0 Å². The van der Waals surface area contributed by atoms with Crippen molar-refractivity contribution in [2.45, 2.75) is 51.8 Å². The van der Waals surface area contributed by atoms with Crippen LogP contribution < -0.4 is 5.32 Å². The highest BCUT2D eigenvalue weighted by Crippen LogP contribution is 2.29. The monoisotopic (exact) mass is 296 g/mol. The minimum absolute atomic E-state index is 0.0510. The van der Waals surface area contributed by atoms with Gasteiger partial charge in [0.15, 0.2) is 0 Å². The summed E-state index contributed by atoms with van der Waals surface area (Å²) in [5.74, 6) is 1.32. The Morgan fingerprint density at radius 2 is 2.33 bits per heavy atom. The third-order valence-electron chi connectivity index (χ3n) is 4.55. The van der Waals surface area contributed by atoms with Crippen LogP contribution >= 0.6 is 0 Å². The standard InChI is InChI=1S/C14H24N4O3/c1-10-4-3-5-14(11(10)2)15-7-13(19)9-17-8-12(6-16-17)18(20)21/h6,8,10-11,13-15,19H,3-5,7,9H2,1-2H3. The van der Waals surface area contributed by atoms with Crippen LogP contribution in [0.5, 0.6) is 0 Å². The lowest BCUT2D eigenvalue weighted by Gasteiger charge is -2.35. The maximum atomic E-state index is 10.6. The van der Waals surface area contributed by atoms with Crippen molar-refractivity contribution in [1.82, 2.24) is 15.1 Å². The number of aliphatic hydroxyl groups excluding tert-OH is 1. The molecule has 21 heavy (non-hydrogen) atoms. The number of aliphatic hydroxyl groups is 1. The molecule has 7 nitrogen and oxygen atoms in total. The van der Waals surface area contributed by atoms with Gasteiger partial charge in [0.25, 0.3) is 0 Å². The van der Waals surface area contributed by atoms with Crippen LogP contribution in [0.3, 0.4) is 0 Å². The van der Waals surface area contributed by atoms with Gasteiger partial charge >= 0.3 is 5.69 Å². The van der Waals surface area contributed by atoms with Crippen LogP contribution in [-0.2, 0) is 6.54 Å².